The van der Waals surface area contributed by atoms with Crippen molar-refractivity contribution in [2.45, 2.75) is 44.1 Å². The third-order valence-electron chi connectivity index (χ3n) is 14.4. The summed E-state index contributed by atoms with van der Waals surface area (Å²) < 4.78 is 293. The summed E-state index contributed by atoms with van der Waals surface area (Å²) in [5.74, 6) is -14.7. The molecule has 4 aromatic heterocycles. The molecule has 0 unspecified atom stereocenters. The fraction of sp³-hybridized carbons (Fsp3) is 0. The molecule has 8 aromatic carbocycles. The Hall–Kier alpha value is -14.0. The first kappa shape index (κ1) is 90.0. The number of aromatic nitrogens is 12. The third kappa shape index (κ3) is 20.5. The summed E-state index contributed by atoms with van der Waals surface area (Å²) in [6.45, 7) is 0. The van der Waals surface area contributed by atoms with Gasteiger partial charge in [0.2, 0.25) is 23.3 Å². The molecule has 0 saturated carbocycles. The quantitative estimate of drug-likeness (QED) is 0.0351. The molecule has 0 fully saturated rings. The number of azo groups is 4. The van der Waals surface area contributed by atoms with E-state index in [0.717, 1.165) is 30.3 Å². The Labute approximate surface area is 660 Å². The number of rotatable bonds is 21. The first-order valence-corrected chi connectivity index (χ1v) is 42.4. The molecule has 12 rings (SSSR count). The van der Waals surface area contributed by atoms with Crippen molar-refractivity contribution < 1.29 is 177 Å². The number of hydrogen-bond acceptors (Lipinski definition) is 42. The summed E-state index contributed by atoms with van der Waals surface area (Å²) in [5, 5.41) is 123. The summed E-state index contributed by atoms with van der Waals surface area (Å²) in [7, 11) is -45.4. The van der Waals surface area contributed by atoms with Crippen LogP contribution in [-0.2, 0) is 91.1 Å². The summed E-state index contributed by atoms with van der Waals surface area (Å²) in [6, 6.07) is 13.2. The van der Waals surface area contributed by atoms with Gasteiger partial charge in [0, 0.05) is 32.3 Å². The molecule has 4 heterocycles. The Balaban J connectivity index is 0.000000183. The molecular weight excluding hydrogens is 1820 g/mol. The van der Waals surface area contributed by atoms with Gasteiger partial charge >= 0.3 is 23.9 Å². The maximum Gasteiger partial charge on any atom is 0.373 e. The molecule has 0 radical (unpaired) electrons. The Morgan fingerprint density at radius 2 is 0.600 bits per heavy atom. The van der Waals surface area contributed by atoms with E-state index in [1.54, 1.807) is 12.1 Å². The highest BCUT2D eigenvalue weighted by molar-refractivity contribution is 7.88. The number of phenols is 4. The number of carboxylic acids is 4. The van der Waals surface area contributed by atoms with Crippen molar-refractivity contribution in [3.63, 3.8) is 0 Å². The molecule has 0 saturated heterocycles. The van der Waals surface area contributed by atoms with Crippen molar-refractivity contribution in [3.05, 3.63) is 114 Å². The zero-order valence-electron chi connectivity index (χ0n) is 56.6. The van der Waals surface area contributed by atoms with E-state index in [2.05, 4.69) is 86.3 Å². The van der Waals surface area contributed by atoms with E-state index >= 15 is 0 Å². The molecule has 632 valence electrons. The fourth-order valence-electron chi connectivity index (χ4n) is 9.46. The van der Waals surface area contributed by atoms with Gasteiger partial charge in [0.05, 0.1) is 14.7 Å². The van der Waals surface area contributed by atoms with Crippen molar-refractivity contribution >= 4 is 205 Å². The van der Waals surface area contributed by atoms with Crippen LogP contribution < -0.4 is 0 Å². The highest BCUT2D eigenvalue weighted by Gasteiger charge is 2.32. The molecule has 12 aromatic rings. The minimum absolute atomic E-state index is 0.0120. The van der Waals surface area contributed by atoms with Crippen molar-refractivity contribution in [3.8, 4) is 23.0 Å². The Bertz CT molecular complexity index is 7650. The molecule has 0 bridgehead atoms. The molecule has 21 N–H and O–H groups in total. The van der Waals surface area contributed by atoms with Crippen molar-refractivity contribution in [1.82, 2.24) is 60.7 Å². The first-order valence-electron chi connectivity index (χ1n) is 29.4. The predicted octanol–water partition coefficient (Wildman–Crippen LogP) is 4.33. The van der Waals surface area contributed by atoms with E-state index in [1.807, 2.05) is 15.3 Å². The average molecular weight is 1850 g/mol. The molecule has 0 aliphatic carbocycles. The number of aromatic hydroxyl groups is 4. The lowest BCUT2D eigenvalue weighted by molar-refractivity contribution is 0.0673. The van der Waals surface area contributed by atoms with Gasteiger partial charge in [0.15, 0.2) is 23.0 Å². The van der Waals surface area contributed by atoms with E-state index in [-0.39, 0.29) is 51.1 Å². The molecule has 68 heteroatoms. The van der Waals surface area contributed by atoms with Crippen LogP contribution in [0.5, 0.6) is 23.0 Å². The largest absolute Gasteiger partial charge is 0.505 e. The summed E-state index contributed by atoms with van der Waals surface area (Å²) in [4.78, 5) is 47.6. The van der Waals surface area contributed by atoms with Crippen LogP contribution in [0.2, 0.25) is 0 Å². The number of aromatic carboxylic acids is 4. The third-order valence-corrected chi connectivity index (χ3v) is 22.2. The Kier molecular flexibility index (Phi) is 24.6. The second kappa shape index (κ2) is 32.8. The molecule has 0 atom stereocenters. The van der Waals surface area contributed by atoms with Crippen LogP contribution >= 0.6 is 0 Å². The molecule has 0 aliphatic heterocycles. The van der Waals surface area contributed by atoms with Crippen LogP contribution in [0.15, 0.2) is 176 Å². The monoisotopic (exact) mass is 1850 g/mol. The van der Waals surface area contributed by atoms with Crippen LogP contribution in [0.4, 0.5) is 46.5 Å². The Morgan fingerprint density at radius 3 is 0.983 bits per heavy atom. The fourth-order valence-corrected chi connectivity index (χ4v) is 15.2. The number of carbonyl (C=O) groups is 4. The second-order valence-corrected chi connectivity index (χ2v) is 34.8. The maximum atomic E-state index is 11.9. The van der Waals surface area contributed by atoms with Gasteiger partial charge in [-0.3, -0.25) is 61.4 Å². The lowest BCUT2D eigenvalue weighted by Gasteiger charge is -2.12. The van der Waals surface area contributed by atoms with Gasteiger partial charge in [-0.2, -0.15) is 95.7 Å². The van der Waals surface area contributed by atoms with Gasteiger partial charge in [-0.1, -0.05) is 30.3 Å². The SMILES string of the molecule is O=C(O)c1nc(N=Nc2c(O)c(S(=O)(=O)O)cc3c(S(=O)(=O)O)cc(S(=O)(=O)O)cc23)n[nH]1.O=C(O)c1nc(N=Nc2c(O)c(S(=O)(=O)O)cc3cc(S(=O)(=O)O)cc(S(=O)(=O)O)c23)n[nH]1.O=C(O)c1nc(N=Nc2c(O)c(S(=O)(=O)O)cc3ccc(S(=O)(=O)O)cc23)n[nH]1.O=C(O)c1nc(N=Nc2cc(S(=O)(=O)O)c3ccccc3c2O)n[nH]1. The number of carboxylic acid groups (broad SMARTS) is 4. The van der Waals surface area contributed by atoms with Crippen molar-refractivity contribution in [2.75, 3.05) is 0 Å². The Morgan fingerprint density at radius 1 is 0.275 bits per heavy atom. The zero-order valence-corrected chi connectivity index (χ0v) is 63.9. The van der Waals surface area contributed by atoms with Gasteiger partial charge in [-0.25, -0.2) is 19.2 Å². The topological polar surface area (TPSA) is 985 Å². The number of hydrogen-bond donors (Lipinski definition) is 21. The number of aromatic amines is 4. The van der Waals surface area contributed by atoms with Crippen LogP contribution in [0, 0.1) is 0 Å². The number of fused-ring (bicyclic) bond motifs is 4. The van der Waals surface area contributed by atoms with Crippen molar-refractivity contribution in [1.29, 1.82) is 0 Å². The number of nitrogens with one attached hydrogen (secondary N) is 4. The second-order valence-electron chi connectivity index (χ2n) is 22.2. The molecule has 120 heavy (non-hydrogen) atoms. The van der Waals surface area contributed by atoms with Crippen LogP contribution in [-0.4, -0.2) is 242 Å². The van der Waals surface area contributed by atoms with E-state index in [9.17, 15) is 156 Å². The molecule has 59 nitrogen and oxygen atoms in total. The lowest BCUT2D eigenvalue weighted by atomic mass is 10.1. The zero-order chi connectivity index (χ0) is 89.6. The number of nitrogens with zero attached hydrogens (tertiary/aromatic N) is 16. The summed E-state index contributed by atoms with van der Waals surface area (Å²) in [5.41, 5.74) is -2.89. The summed E-state index contributed by atoms with van der Waals surface area (Å²) in [6.07, 6.45) is 0. The van der Waals surface area contributed by atoms with Crippen LogP contribution in [0.25, 0.3) is 43.1 Å². The first-order chi connectivity index (χ1) is 55.1. The lowest BCUT2D eigenvalue weighted by Crippen LogP contribution is -2.06. The summed E-state index contributed by atoms with van der Waals surface area (Å²) >= 11 is 0. The average Bonchev–Trinajstić information content (AvgIpc) is 0.769. The molecule has 0 amide bonds. The van der Waals surface area contributed by atoms with E-state index in [1.165, 1.54) is 12.1 Å². The van der Waals surface area contributed by atoms with E-state index in [0.29, 0.717) is 24.3 Å². The number of phenolic OH excluding ortho intramolecular Hbond substituents is 4. The standard InChI is InChI=1S/2C13H9N5O12S3.C13H9N5O9S2.C13H9N5O6S/c19-10-8(33(28,29)30)3-5-6(1-4(31(22,23)24)2-7(5)32(25,26)27)9(10)15-17-13-14-11(12(20)21)16-18-13;19-10-7(33(28,29)30)2-4-1-5(31(22,23)24)3-6(32(25,26)27)8(4)9(10)15-17-13-14-11(12(20)21)16-18-13;19-10-8(29(25,26)27)3-5-1-2-6(28(22,23)24)4-7(5)9(10)15-17-13-14-11(12(20)21)16-18-13;19-10-7-4-2-1-3-6(7)9(25(22,23)24)5-8(10)15-17-13-14-11(12(20)21)16-18-13/h2*1-3,19H,(H,20,21)(H,14,16,18)(H,22,23,24)(H,25,26,27)(H,28,29,30);1-4,19H,(H,20,21)(H,14,16,18)(H,22,23,24)(H,25,26,27);1-5,19H,(H,20,21)(H,14,16,18)(H,22,23,24). The molecular formula is C52H36N20O39S9. The van der Waals surface area contributed by atoms with E-state index < -0.39 is 256 Å². The minimum atomic E-state index is -5.31. The van der Waals surface area contributed by atoms with Crippen molar-refractivity contribution in [2.24, 2.45) is 40.9 Å². The predicted molar refractivity (Wildman–Crippen MR) is 381 cm³/mol. The number of benzene rings is 8. The van der Waals surface area contributed by atoms with Gasteiger partial charge < -0.3 is 40.9 Å². The minimum Gasteiger partial charge on any atom is -0.505 e. The van der Waals surface area contributed by atoms with Gasteiger partial charge in [-0.15, -0.1) is 61.3 Å². The molecule has 0 aliphatic rings. The smallest absolute Gasteiger partial charge is 0.373 e. The molecule has 0 spiro atoms. The van der Waals surface area contributed by atoms with Gasteiger partial charge in [-0.05, 0) is 71.4 Å². The maximum absolute atomic E-state index is 11.9. The highest BCUT2D eigenvalue weighted by Crippen LogP contribution is 2.48. The van der Waals surface area contributed by atoms with E-state index in [4.69, 9.17) is 20.4 Å². The number of H-pyrrole nitrogens is 4. The van der Waals surface area contributed by atoms with Crippen LogP contribution in [0.3, 0.4) is 0 Å². The van der Waals surface area contributed by atoms with Gasteiger partial charge in [0.25, 0.3) is 115 Å². The van der Waals surface area contributed by atoms with Gasteiger partial charge in [0.1, 0.15) is 52.1 Å². The van der Waals surface area contributed by atoms with Crippen LogP contribution in [0.1, 0.15) is 42.5 Å². The highest BCUT2D eigenvalue weighted by atomic mass is 32.3. The normalized spacial score (nSPS) is 12.7.